The van der Waals surface area contributed by atoms with E-state index in [0.717, 1.165) is 34.2 Å². The minimum Gasteiger partial charge on any atom is -0.383 e. The first-order valence-electron chi connectivity index (χ1n) is 11.9. The molecule has 3 aromatic carbocycles. The Hall–Kier alpha value is -3.76. The number of alkyl halides is 3. The van der Waals surface area contributed by atoms with Gasteiger partial charge in [0.2, 0.25) is 0 Å². The second-order valence-electron chi connectivity index (χ2n) is 8.80. The van der Waals surface area contributed by atoms with Crippen molar-refractivity contribution in [1.29, 1.82) is 0 Å². The maximum Gasteiger partial charge on any atom is 0.416 e. The zero-order chi connectivity index (χ0) is 28.2. The van der Waals surface area contributed by atoms with Crippen LogP contribution in [0.2, 0.25) is 5.02 Å². The summed E-state index contributed by atoms with van der Waals surface area (Å²) in [6, 6.07) is 15.9. The second-order valence-corrected chi connectivity index (χ2v) is 9.21. The Balaban J connectivity index is 1.64. The van der Waals surface area contributed by atoms with Crippen molar-refractivity contribution >= 4 is 29.1 Å². The highest BCUT2D eigenvalue weighted by atomic mass is 35.5. The molecule has 0 radical (unpaired) electrons. The molecule has 1 aliphatic rings. The predicted octanol–water partition coefficient (Wildman–Crippen LogP) is 5.96. The largest absolute Gasteiger partial charge is 0.416 e. The van der Waals surface area contributed by atoms with E-state index in [4.69, 9.17) is 16.3 Å². The average molecular weight is 562 g/mol. The Morgan fingerprint density at radius 1 is 1.05 bits per heavy atom. The number of carbonyl (C=O) groups excluding carboxylic acids is 2. The number of halogens is 5. The zero-order valence-electron chi connectivity index (χ0n) is 20.8. The highest BCUT2D eigenvalue weighted by Crippen LogP contribution is 2.35. The Morgan fingerprint density at radius 2 is 1.72 bits per heavy atom. The summed E-state index contributed by atoms with van der Waals surface area (Å²) in [5.41, 5.74) is 0.380. The molecule has 4 rings (SSSR count). The maximum absolute atomic E-state index is 14.8. The van der Waals surface area contributed by atoms with Gasteiger partial charge in [0.1, 0.15) is 12.4 Å². The minimum atomic E-state index is -4.55. The van der Waals surface area contributed by atoms with Crippen LogP contribution >= 0.6 is 11.6 Å². The molecule has 0 aromatic heterocycles. The summed E-state index contributed by atoms with van der Waals surface area (Å²) in [5, 5.41) is 6.03. The molecule has 1 atom stereocenters. The summed E-state index contributed by atoms with van der Waals surface area (Å²) in [5.74, 6) is -1.79. The third-order valence-electron chi connectivity index (χ3n) is 6.25. The molecule has 6 nitrogen and oxygen atoms in total. The van der Waals surface area contributed by atoms with Gasteiger partial charge < -0.3 is 9.64 Å². The van der Waals surface area contributed by atoms with Gasteiger partial charge in [-0.3, -0.25) is 9.59 Å². The van der Waals surface area contributed by atoms with Crippen molar-refractivity contribution in [2.75, 3.05) is 26.8 Å². The number of hydrogen-bond acceptors (Lipinski definition) is 4. The van der Waals surface area contributed by atoms with Crippen LogP contribution < -0.4 is 0 Å². The van der Waals surface area contributed by atoms with Crippen molar-refractivity contribution in [2.24, 2.45) is 5.10 Å². The summed E-state index contributed by atoms with van der Waals surface area (Å²) < 4.78 is 58.8. The van der Waals surface area contributed by atoms with Crippen LogP contribution in [0.5, 0.6) is 0 Å². The fourth-order valence-corrected chi connectivity index (χ4v) is 4.50. The van der Waals surface area contributed by atoms with Crippen LogP contribution in [0.3, 0.4) is 0 Å². The predicted molar refractivity (Wildman–Crippen MR) is 138 cm³/mol. The highest BCUT2D eigenvalue weighted by Gasteiger charge is 2.36. The molecule has 0 unspecified atom stereocenters. The van der Waals surface area contributed by atoms with Gasteiger partial charge in [-0.25, -0.2) is 9.40 Å². The number of rotatable bonds is 8. The van der Waals surface area contributed by atoms with Gasteiger partial charge in [0, 0.05) is 41.8 Å². The van der Waals surface area contributed by atoms with Gasteiger partial charge in [-0.05, 0) is 36.4 Å². The lowest BCUT2D eigenvalue weighted by molar-refractivity contribution is -0.137. The summed E-state index contributed by atoms with van der Waals surface area (Å²) >= 11 is 6.35. The highest BCUT2D eigenvalue weighted by molar-refractivity contribution is 6.34. The summed E-state index contributed by atoms with van der Waals surface area (Å²) in [7, 11) is 1.41. The lowest BCUT2D eigenvalue weighted by Crippen LogP contribution is -2.42. The van der Waals surface area contributed by atoms with Crippen molar-refractivity contribution in [3.8, 4) is 0 Å². The van der Waals surface area contributed by atoms with Crippen LogP contribution in [0.1, 0.15) is 39.5 Å². The van der Waals surface area contributed by atoms with E-state index in [1.807, 2.05) is 0 Å². The van der Waals surface area contributed by atoms with E-state index >= 15 is 0 Å². The van der Waals surface area contributed by atoms with E-state index in [-0.39, 0.29) is 30.7 Å². The number of methoxy groups -OCH3 is 1. The third-order valence-corrected chi connectivity index (χ3v) is 6.58. The maximum atomic E-state index is 14.8. The molecule has 11 heteroatoms. The molecule has 1 heterocycles. The van der Waals surface area contributed by atoms with E-state index < -0.39 is 42.0 Å². The Morgan fingerprint density at radius 3 is 2.36 bits per heavy atom. The smallest absolute Gasteiger partial charge is 0.383 e. The first-order chi connectivity index (χ1) is 18.6. The van der Waals surface area contributed by atoms with E-state index in [2.05, 4.69) is 5.10 Å². The standard InChI is InChI=1S/C28H24ClF4N3O3/c1-39-15-14-35(27(38)18-10-12-19(13-11-18)28(31,32)33)17-26(37)36-25(21-7-3-5-9-23(21)30)16-24(34-36)20-6-2-4-8-22(20)29/h2-13,25H,14-17H2,1H3/t25-/m1/s1. The lowest BCUT2D eigenvalue weighted by Gasteiger charge is -2.27. The molecule has 0 fully saturated rings. The summed E-state index contributed by atoms with van der Waals surface area (Å²) in [6.45, 7) is -0.403. The fraction of sp³-hybridized carbons (Fsp3) is 0.250. The molecular formula is C28H24ClF4N3O3. The molecule has 3 aromatic rings. The van der Waals surface area contributed by atoms with Crippen molar-refractivity contribution in [3.05, 3.63) is 106 Å². The number of hydrazone groups is 1. The monoisotopic (exact) mass is 561 g/mol. The number of amides is 2. The molecule has 0 bridgehead atoms. The Bertz CT molecular complexity index is 1380. The normalized spacial score (nSPS) is 15.3. The molecule has 0 N–H and O–H groups in total. The van der Waals surface area contributed by atoms with E-state index in [1.165, 1.54) is 19.2 Å². The molecule has 0 aliphatic carbocycles. The lowest BCUT2D eigenvalue weighted by atomic mass is 9.98. The molecule has 1 aliphatic heterocycles. The summed E-state index contributed by atoms with van der Waals surface area (Å²) in [6.07, 6.45) is -4.37. The molecular weight excluding hydrogens is 538 g/mol. The average Bonchev–Trinajstić information content (AvgIpc) is 3.36. The number of benzene rings is 3. The number of carbonyl (C=O) groups is 2. The first kappa shape index (κ1) is 28.3. The van der Waals surface area contributed by atoms with Crippen molar-refractivity contribution in [2.45, 2.75) is 18.6 Å². The van der Waals surface area contributed by atoms with Gasteiger partial charge in [0.05, 0.1) is 23.9 Å². The molecule has 0 saturated heterocycles. The molecule has 39 heavy (non-hydrogen) atoms. The SMILES string of the molecule is COCCN(CC(=O)N1N=C(c2ccccc2Cl)C[C@@H]1c1ccccc1F)C(=O)c1ccc(C(F)(F)F)cc1. The zero-order valence-corrected chi connectivity index (χ0v) is 21.5. The molecule has 0 saturated carbocycles. The van der Waals surface area contributed by atoms with Gasteiger partial charge in [-0.1, -0.05) is 48.0 Å². The Labute approximate surface area is 227 Å². The van der Waals surface area contributed by atoms with Crippen molar-refractivity contribution in [3.63, 3.8) is 0 Å². The first-order valence-corrected chi connectivity index (χ1v) is 12.3. The van der Waals surface area contributed by atoms with E-state index in [1.54, 1.807) is 36.4 Å². The second kappa shape index (κ2) is 12.0. The number of ether oxygens (including phenoxy) is 1. The van der Waals surface area contributed by atoms with Crippen molar-refractivity contribution in [1.82, 2.24) is 9.91 Å². The van der Waals surface area contributed by atoms with Gasteiger partial charge in [-0.2, -0.15) is 18.3 Å². The summed E-state index contributed by atoms with van der Waals surface area (Å²) in [4.78, 5) is 27.9. The van der Waals surface area contributed by atoms with Gasteiger partial charge >= 0.3 is 6.18 Å². The van der Waals surface area contributed by atoms with Crippen LogP contribution in [0.4, 0.5) is 17.6 Å². The molecule has 0 spiro atoms. The van der Waals surface area contributed by atoms with Crippen molar-refractivity contribution < 1.29 is 31.9 Å². The fourth-order valence-electron chi connectivity index (χ4n) is 4.26. The number of hydrogen-bond donors (Lipinski definition) is 0. The molecule has 2 amide bonds. The quantitative estimate of drug-likeness (QED) is 0.319. The van der Waals surface area contributed by atoms with Gasteiger partial charge in [0.25, 0.3) is 11.8 Å². The van der Waals surface area contributed by atoms with E-state index in [9.17, 15) is 27.2 Å². The van der Waals surface area contributed by atoms with Crippen LogP contribution in [0.25, 0.3) is 0 Å². The Kier molecular flexibility index (Phi) is 8.66. The number of nitrogens with zero attached hydrogens (tertiary/aromatic N) is 3. The van der Waals surface area contributed by atoms with Gasteiger partial charge in [0.15, 0.2) is 0 Å². The molecule has 204 valence electrons. The van der Waals surface area contributed by atoms with Crippen LogP contribution in [0, 0.1) is 5.82 Å². The van der Waals surface area contributed by atoms with Crippen LogP contribution in [0.15, 0.2) is 77.9 Å². The third kappa shape index (κ3) is 6.46. The van der Waals surface area contributed by atoms with Crippen LogP contribution in [-0.2, 0) is 15.7 Å². The van der Waals surface area contributed by atoms with Crippen LogP contribution in [-0.4, -0.2) is 54.2 Å². The van der Waals surface area contributed by atoms with Gasteiger partial charge in [-0.15, -0.1) is 0 Å². The topological polar surface area (TPSA) is 62.2 Å². The van der Waals surface area contributed by atoms with E-state index in [0.29, 0.717) is 16.3 Å². The minimum absolute atomic E-state index is 0.0125.